The molecule has 0 unspecified atom stereocenters. The normalized spacial score (nSPS) is 10.5. The molecule has 4 nitrogen and oxygen atoms in total. The number of carbonyl (C=O) groups excluding carboxylic acids is 1. The van der Waals surface area contributed by atoms with Crippen molar-refractivity contribution in [1.29, 1.82) is 0 Å². The molecular weight excluding hydrogens is 394 g/mol. The van der Waals surface area contributed by atoms with Crippen LogP contribution in [0.3, 0.4) is 0 Å². The van der Waals surface area contributed by atoms with Crippen molar-refractivity contribution in [3.05, 3.63) is 65.2 Å². The Morgan fingerprint density at radius 2 is 1.96 bits per heavy atom. The van der Waals surface area contributed by atoms with Gasteiger partial charge in [0.25, 0.3) is 5.91 Å². The average molecular weight is 418 g/mol. The number of anilines is 1. The molecule has 5 heteroatoms. The Kier molecular flexibility index (Phi) is 7.73. The number of amides is 1. The summed E-state index contributed by atoms with van der Waals surface area (Å²) in [4.78, 5) is 12.6. The Morgan fingerprint density at radius 3 is 2.65 bits per heavy atom. The lowest BCUT2D eigenvalue weighted by Crippen LogP contribution is -2.13. The standard InChI is InChI=1S/C21H24BrNO3/c1-4-12-25-20-8-6-5-7-18(20)23-21(24)16-9-10-19(17(22)14-16)26-13-11-15(2)3/h4-10,14-15H,1,11-13H2,2-3H3,(H,23,24). The van der Waals surface area contributed by atoms with Crippen molar-refractivity contribution in [3.63, 3.8) is 0 Å². The van der Waals surface area contributed by atoms with Gasteiger partial charge in [-0.15, -0.1) is 0 Å². The van der Waals surface area contributed by atoms with Crippen LogP contribution in [-0.2, 0) is 0 Å². The highest BCUT2D eigenvalue weighted by Crippen LogP contribution is 2.28. The molecule has 0 saturated heterocycles. The van der Waals surface area contributed by atoms with Gasteiger partial charge in [0.15, 0.2) is 0 Å². The zero-order valence-corrected chi connectivity index (χ0v) is 16.7. The monoisotopic (exact) mass is 417 g/mol. The van der Waals surface area contributed by atoms with Gasteiger partial charge in [0.05, 0.1) is 16.8 Å². The molecule has 138 valence electrons. The minimum Gasteiger partial charge on any atom is -0.492 e. The van der Waals surface area contributed by atoms with Gasteiger partial charge in [-0.2, -0.15) is 0 Å². The van der Waals surface area contributed by atoms with Crippen LogP contribution in [-0.4, -0.2) is 19.1 Å². The van der Waals surface area contributed by atoms with Gasteiger partial charge in [-0.1, -0.05) is 38.6 Å². The number of nitrogens with one attached hydrogen (secondary N) is 1. The van der Waals surface area contributed by atoms with Crippen LogP contribution in [0, 0.1) is 5.92 Å². The molecule has 0 aliphatic carbocycles. The van der Waals surface area contributed by atoms with Gasteiger partial charge >= 0.3 is 0 Å². The number of ether oxygens (including phenoxy) is 2. The highest BCUT2D eigenvalue weighted by Gasteiger charge is 2.12. The predicted molar refractivity (Wildman–Crippen MR) is 109 cm³/mol. The van der Waals surface area contributed by atoms with Crippen LogP contribution in [0.2, 0.25) is 0 Å². The fraction of sp³-hybridized carbons (Fsp3) is 0.286. The molecule has 2 aromatic carbocycles. The highest BCUT2D eigenvalue weighted by molar-refractivity contribution is 9.10. The third-order valence-electron chi connectivity index (χ3n) is 3.64. The zero-order valence-electron chi connectivity index (χ0n) is 15.1. The molecule has 2 aromatic rings. The molecule has 0 heterocycles. The number of benzene rings is 2. The van der Waals surface area contributed by atoms with E-state index in [2.05, 4.69) is 41.7 Å². The maximum Gasteiger partial charge on any atom is 0.255 e. The summed E-state index contributed by atoms with van der Waals surface area (Å²) in [5, 5.41) is 2.88. The maximum absolute atomic E-state index is 12.6. The molecule has 0 aliphatic heterocycles. The smallest absolute Gasteiger partial charge is 0.255 e. The number of hydrogen-bond acceptors (Lipinski definition) is 3. The Hall–Kier alpha value is -2.27. The minimum atomic E-state index is -0.214. The molecule has 26 heavy (non-hydrogen) atoms. The Morgan fingerprint density at radius 1 is 1.19 bits per heavy atom. The average Bonchev–Trinajstić information content (AvgIpc) is 2.62. The van der Waals surface area contributed by atoms with E-state index in [1.165, 1.54) is 0 Å². The molecule has 2 rings (SSSR count). The Bertz CT molecular complexity index is 759. The summed E-state index contributed by atoms with van der Waals surface area (Å²) in [6.07, 6.45) is 2.64. The van der Waals surface area contributed by atoms with Crippen molar-refractivity contribution < 1.29 is 14.3 Å². The number of para-hydroxylation sites is 2. The molecule has 1 N–H and O–H groups in total. The molecule has 0 bridgehead atoms. The van der Waals surface area contributed by atoms with Crippen LogP contribution in [0.25, 0.3) is 0 Å². The summed E-state index contributed by atoms with van der Waals surface area (Å²) in [5.74, 6) is 1.71. The van der Waals surface area contributed by atoms with Crippen molar-refractivity contribution in [2.75, 3.05) is 18.5 Å². The van der Waals surface area contributed by atoms with Gasteiger partial charge in [-0.05, 0) is 58.6 Å². The van der Waals surface area contributed by atoms with Crippen molar-refractivity contribution in [3.8, 4) is 11.5 Å². The third-order valence-corrected chi connectivity index (χ3v) is 4.26. The predicted octanol–water partition coefficient (Wildman–Crippen LogP) is 5.69. The lowest BCUT2D eigenvalue weighted by Gasteiger charge is -2.13. The van der Waals surface area contributed by atoms with Gasteiger partial charge in [0.2, 0.25) is 0 Å². The van der Waals surface area contributed by atoms with Crippen molar-refractivity contribution >= 4 is 27.5 Å². The van der Waals surface area contributed by atoms with Gasteiger partial charge in [0, 0.05) is 5.56 Å². The molecule has 0 radical (unpaired) electrons. The largest absolute Gasteiger partial charge is 0.492 e. The summed E-state index contributed by atoms with van der Waals surface area (Å²) >= 11 is 3.48. The summed E-state index contributed by atoms with van der Waals surface area (Å²) in [6.45, 7) is 8.97. The fourth-order valence-electron chi connectivity index (χ4n) is 2.20. The molecule has 0 aliphatic rings. The van der Waals surface area contributed by atoms with Crippen molar-refractivity contribution in [2.45, 2.75) is 20.3 Å². The first-order valence-corrected chi connectivity index (χ1v) is 9.37. The quantitative estimate of drug-likeness (QED) is 0.532. The summed E-state index contributed by atoms with van der Waals surface area (Å²) < 4.78 is 12.1. The zero-order chi connectivity index (χ0) is 18.9. The summed E-state index contributed by atoms with van der Waals surface area (Å²) in [6, 6.07) is 12.6. The van der Waals surface area contributed by atoms with E-state index in [4.69, 9.17) is 9.47 Å². The SMILES string of the molecule is C=CCOc1ccccc1NC(=O)c1ccc(OCCC(C)C)c(Br)c1. The number of hydrogen-bond donors (Lipinski definition) is 1. The van der Waals surface area contributed by atoms with Gasteiger partial charge < -0.3 is 14.8 Å². The Labute approximate surface area is 163 Å². The summed E-state index contributed by atoms with van der Waals surface area (Å²) in [7, 11) is 0. The highest BCUT2D eigenvalue weighted by atomic mass is 79.9. The second-order valence-corrected chi connectivity index (χ2v) is 7.08. The van der Waals surface area contributed by atoms with Crippen LogP contribution < -0.4 is 14.8 Å². The van der Waals surface area contributed by atoms with Gasteiger partial charge in [0.1, 0.15) is 18.1 Å². The Balaban J connectivity index is 2.06. The van der Waals surface area contributed by atoms with Crippen molar-refractivity contribution in [2.24, 2.45) is 5.92 Å². The van der Waals surface area contributed by atoms with E-state index in [9.17, 15) is 4.79 Å². The number of halogens is 1. The first-order chi connectivity index (χ1) is 12.5. The second kappa shape index (κ2) is 10.0. The van der Waals surface area contributed by atoms with E-state index >= 15 is 0 Å². The first-order valence-electron chi connectivity index (χ1n) is 8.57. The van der Waals surface area contributed by atoms with E-state index in [-0.39, 0.29) is 5.91 Å². The first kappa shape index (κ1) is 20.0. The molecule has 0 aromatic heterocycles. The molecule has 0 fully saturated rings. The van der Waals surface area contributed by atoms with E-state index < -0.39 is 0 Å². The summed E-state index contributed by atoms with van der Waals surface area (Å²) in [5.41, 5.74) is 1.15. The third kappa shape index (κ3) is 5.92. The van der Waals surface area contributed by atoms with Crippen LogP contribution in [0.1, 0.15) is 30.6 Å². The second-order valence-electron chi connectivity index (χ2n) is 6.23. The van der Waals surface area contributed by atoms with Gasteiger partial charge in [-0.25, -0.2) is 0 Å². The molecule has 0 atom stereocenters. The van der Waals surface area contributed by atoms with Crippen LogP contribution in [0.4, 0.5) is 5.69 Å². The number of carbonyl (C=O) groups is 1. The topological polar surface area (TPSA) is 47.6 Å². The van der Waals surface area contributed by atoms with Crippen LogP contribution in [0.15, 0.2) is 59.6 Å². The number of rotatable bonds is 9. The lowest BCUT2D eigenvalue weighted by molar-refractivity contribution is 0.102. The minimum absolute atomic E-state index is 0.214. The van der Waals surface area contributed by atoms with E-state index in [1.54, 1.807) is 36.4 Å². The van der Waals surface area contributed by atoms with Crippen LogP contribution in [0.5, 0.6) is 11.5 Å². The molecule has 0 spiro atoms. The van der Waals surface area contributed by atoms with E-state index in [1.807, 2.05) is 12.1 Å². The van der Waals surface area contributed by atoms with E-state index in [0.29, 0.717) is 36.1 Å². The molecule has 1 amide bonds. The fourth-order valence-corrected chi connectivity index (χ4v) is 2.70. The van der Waals surface area contributed by atoms with Crippen molar-refractivity contribution in [1.82, 2.24) is 0 Å². The molecule has 0 saturated carbocycles. The van der Waals surface area contributed by atoms with E-state index in [0.717, 1.165) is 16.6 Å². The van der Waals surface area contributed by atoms with Gasteiger partial charge in [-0.3, -0.25) is 4.79 Å². The van der Waals surface area contributed by atoms with Crippen LogP contribution >= 0.6 is 15.9 Å². The lowest BCUT2D eigenvalue weighted by atomic mass is 10.1. The maximum atomic E-state index is 12.6. The molecular formula is C21H24BrNO3.